The van der Waals surface area contributed by atoms with E-state index in [-0.39, 0.29) is 0 Å². The Morgan fingerprint density at radius 1 is 1.22 bits per heavy atom. The van der Waals surface area contributed by atoms with E-state index in [4.69, 9.17) is 16.3 Å². The number of aliphatic carboxylic acids is 1. The number of ether oxygens (including phenoxy) is 1. The normalized spacial score (nSPS) is 11.0. The van der Waals surface area contributed by atoms with Crippen LogP contribution in [0.5, 0.6) is 5.75 Å². The predicted octanol–water partition coefficient (Wildman–Crippen LogP) is 2.23. The molecule has 9 heteroatoms. The Kier molecular flexibility index (Phi) is 6.45. The molecule has 0 amide bonds. The molecule has 1 heterocycles. The van der Waals surface area contributed by atoms with Gasteiger partial charge in [-0.25, -0.2) is 0 Å². The minimum atomic E-state index is -1.27. The molecule has 0 fully saturated rings. The summed E-state index contributed by atoms with van der Waals surface area (Å²) >= 11 is 7.40. The monoisotopic (exact) mass is 401 g/mol. The fraction of sp³-hybridized carbons (Fsp3) is 0.111. The van der Waals surface area contributed by atoms with Gasteiger partial charge in [0, 0.05) is 10.8 Å². The number of hydrogen-bond donors (Lipinski definition) is 0. The highest BCUT2D eigenvalue weighted by atomic mass is 35.5. The second-order valence-electron chi connectivity index (χ2n) is 5.35. The molecule has 1 aromatic heterocycles. The molecule has 0 N–H and O–H groups in total. The number of thioether (sulfide) groups is 1. The molecule has 0 aliphatic carbocycles. The van der Waals surface area contributed by atoms with Gasteiger partial charge < -0.3 is 14.6 Å². The summed E-state index contributed by atoms with van der Waals surface area (Å²) in [6, 6.07) is 14.5. The molecular formula is C18H14ClN4O3S-. The van der Waals surface area contributed by atoms with Crippen LogP contribution in [0, 0.1) is 0 Å². The summed E-state index contributed by atoms with van der Waals surface area (Å²) in [6.45, 7) is -0.484. The Bertz CT molecular complexity index is 927. The van der Waals surface area contributed by atoms with Crippen LogP contribution in [0.4, 0.5) is 0 Å². The number of aromatic nitrogens is 3. The van der Waals surface area contributed by atoms with Crippen LogP contribution in [0.15, 0.2) is 65.1 Å². The molecule has 0 unspecified atom stereocenters. The maximum atomic E-state index is 10.4. The van der Waals surface area contributed by atoms with Gasteiger partial charge in [0.05, 0.1) is 12.2 Å². The zero-order valence-corrected chi connectivity index (χ0v) is 15.6. The first-order valence-electron chi connectivity index (χ1n) is 7.84. The van der Waals surface area contributed by atoms with Gasteiger partial charge in [0.1, 0.15) is 18.7 Å². The Labute approximate surface area is 164 Å². The first-order valence-corrected chi connectivity index (χ1v) is 9.21. The van der Waals surface area contributed by atoms with Crippen molar-refractivity contribution < 1.29 is 14.6 Å². The summed E-state index contributed by atoms with van der Waals surface area (Å²) in [6.07, 6.45) is 3.18. The lowest BCUT2D eigenvalue weighted by molar-refractivity contribution is -0.307. The molecule has 0 bridgehead atoms. The third-order valence-electron chi connectivity index (χ3n) is 3.35. The molecule has 27 heavy (non-hydrogen) atoms. The summed E-state index contributed by atoms with van der Waals surface area (Å²) in [5.41, 5.74) is 1.94. The molecule has 0 aliphatic rings. The quantitative estimate of drug-likeness (QED) is 0.424. The Balaban J connectivity index is 1.60. The highest BCUT2D eigenvalue weighted by molar-refractivity contribution is 7.98. The summed E-state index contributed by atoms with van der Waals surface area (Å²) < 4.78 is 6.61. The smallest absolute Gasteiger partial charge is 0.212 e. The Morgan fingerprint density at radius 2 is 1.96 bits per heavy atom. The zero-order valence-electron chi connectivity index (χ0n) is 14.0. The third-order valence-corrected chi connectivity index (χ3v) is 4.61. The number of hydrogen-bond acceptors (Lipinski definition) is 7. The number of halogens is 1. The lowest BCUT2D eigenvalue weighted by Gasteiger charge is -2.06. The van der Waals surface area contributed by atoms with E-state index in [9.17, 15) is 9.90 Å². The second-order valence-corrected chi connectivity index (χ2v) is 6.73. The van der Waals surface area contributed by atoms with E-state index in [0.717, 1.165) is 16.9 Å². The highest BCUT2D eigenvalue weighted by Gasteiger charge is 2.05. The summed E-state index contributed by atoms with van der Waals surface area (Å²) in [5.74, 6) is -0.104. The third kappa shape index (κ3) is 5.83. The highest BCUT2D eigenvalue weighted by Crippen LogP contribution is 2.21. The number of carbonyl (C=O) groups excluding carboxylic acids is 1. The first kappa shape index (κ1) is 18.9. The Morgan fingerprint density at radius 3 is 2.67 bits per heavy atom. The van der Waals surface area contributed by atoms with Gasteiger partial charge in [-0.05, 0) is 47.5 Å². The zero-order chi connectivity index (χ0) is 19.1. The molecule has 3 aromatic rings. The molecule has 7 nitrogen and oxygen atoms in total. The number of nitrogens with zero attached hydrogens (tertiary/aromatic N) is 4. The van der Waals surface area contributed by atoms with Gasteiger partial charge in [0.2, 0.25) is 5.16 Å². The van der Waals surface area contributed by atoms with Crippen molar-refractivity contribution in [2.24, 2.45) is 5.10 Å². The van der Waals surface area contributed by atoms with Crippen molar-refractivity contribution in [2.75, 3.05) is 6.61 Å². The van der Waals surface area contributed by atoms with E-state index in [0.29, 0.717) is 15.9 Å². The molecule has 0 atom stereocenters. The van der Waals surface area contributed by atoms with Gasteiger partial charge in [0.25, 0.3) is 0 Å². The topological polar surface area (TPSA) is 92.4 Å². The molecule has 138 valence electrons. The molecule has 3 rings (SSSR count). The van der Waals surface area contributed by atoms with Gasteiger partial charge >= 0.3 is 0 Å². The minimum Gasteiger partial charge on any atom is -0.546 e. The number of carboxylic acid groups (broad SMARTS) is 1. The fourth-order valence-corrected chi connectivity index (χ4v) is 2.99. The van der Waals surface area contributed by atoms with Crippen LogP contribution in [0.1, 0.15) is 11.1 Å². The number of carbonyl (C=O) groups is 1. The maximum Gasteiger partial charge on any atom is 0.212 e. The maximum absolute atomic E-state index is 10.4. The molecule has 0 aliphatic heterocycles. The largest absolute Gasteiger partial charge is 0.546 e. The van der Waals surface area contributed by atoms with Gasteiger partial charge in [-0.15, -0.1) is 10.2 Å². The standard InChI is InChI=1S/C18H15ClN4O3S/c19-15-5-1-14(2-6-15)11-27-18-22-20-12-23(18)21-9-13-3-7-16(8-4-13)26-10-17(24)25/h1-9,12H,10-11H2,(H,24,25)/p-1/b21-9-. The number of rotatable bonds is 8. The van der Waals surface area contributed by atoms with Crippen molar-refractivity contribution in [3.63, 3.8) is 0 Å². The van der Waals surface area contributed by atoms with E-state index in [1.807, 2.05) is 24.3 Å². The van der Waals surface area contributed by atoms with Crippen molar-refractivity contribution >= 4 is 35.5 Å². The molecule has 0 saturated heterocycles. The van der Waals surface area contributed by atoms with Gasteiger partial charge in [-0.2, -0.15) is 9.78 Å². The van der Waals surface area contributed by atoms with Crippen LogP contribution in [-0.2, 0) is 10.5 Å². The lowest BCUT2D eigenvalue weighted by Crippen LogP contribution is -2.28. The van der Waals surface area contributed by atoms with E-state index in [1.54, 1.807) is 35.2 Å². The number of carboxylic acids is 1. The van der Waals surface area contributed by atoms with Crippen LogP contribution in [0.3, 0.4) is 0 Å². The predicted molar refractivity (Wildman–Crippen MR) is 101 cm³/mol. The van der Waals surface area contributed by atoms with E-state index >= 15 is 0 Å². The molecule has 0 saturated carbocycles. The van der Waals surface area contributed by atoms with E-state index < -0.39 is 12.6 Å². The van der Waals surface area contributed by atoms with Crippen LogP contribution in [0.25, 0.3) is 0 Å². The van der Waals surface area contributed by atoms with Crippen molar-refractivity contribution in [1.82, 2.24) is 14.9 Å². The van der Waals surface area contributed by atoms with E-state index in [2.05, 4.69) is 15.3 Å². The van der Waals surface area contributed by atoms with Crippen LogP contribution < -0.4 is 9.84 Å². The van der Waals surface area contributed by atoms with Crippen molar-refractivity contribution in [1.29, 1.82) is 0 Å². The van der Waals surface area contributed by atoms with Crippen LogP contribution in [-0.4, -0.2) is 33.7 Å². The van der Waals surface area contributed by atoms with Crippen molar-refractivity contribution in [3.8, 4) is 5.75 Å². The van der Waals surface area contributed by atoms with Gasteiger partial charge in [-0.3, -0.25) is 0 Å². The summed E-state index contributed by atoms with van der Waals surface area (Å²) in [5, 5.41) is 24.1. The fourth-order valence-electron chi connectivity index (χ4n) is 2.04. The van der Waals surface area contributed by atoms with E-state index in [1.165, 1.54) is 18.1 Å². The van der Waals surface area contributed by atoms with Gasteiger partial charge in [0.15, 0.2) is 0 Å². The molecule has 2 aromatic carbocycles. The van der Waals surface area contributed by atoms with Gasteiger partial charge in [-0.1, -0.05) is 35.5 Å². The number of benzene rings is 2. The van der Waals surface area contributed by atoms with Crippen molar-refractivity contribution in [3.05, 3.63) is 71.0 Å². The first-order chi connectivity index (χ1) is 13.1. The molecular weight excluding hydrogens is 388 g/mol. The lowest BCUT2D eigenvalue weighted by atomic mass is 10.2. The average Bonchev–Trinajstić information content (AvgIpc) is 3.12. The molecule has 0 radical (unpaired) electrons. The van der Waals surface area contributed by atoms with Crippen LogP contribution in [0.2, 0.25) is 5.02 Å². The average molecular weight is 402 g/mol. The minimum absolute atomic E-state index is 0.444. The second kappa shape index (κ2) is 9.20. The SMILES string of the molecule is O=C([O-])COc1ccc(/C=N\n2cnnc2SCc2ccc(Cl)cc2)cc1. The summed E-state index contributed by atoms with van der Waals surface area (Å²) in [7, 11) is 0. The van der Waals surface area contributed by atoms with Crippen molar-refractivity contribution in [2.45, 2.75) is 10.9 Å². The molecule has 0 spiro atoms. The summed E-state index contributed by atoms with van der Waals surface area (Å²) in [4.78, 5) is 10.4. The van der Waals surface area contributed by atoms with Crippen LogP contribution >= 0.6 is 23.4 Å². The Hall–Kier alpha value is -2.84.